The maximum absolute atomic E-state index is 13.0. The summed E-state index contributed by atoms with van der Waals surface area (Å²) in [4.78, 5) is 73.6. The highest BCUT2D eigenvalue weighted by Crippen LogP contribution is 2.49. The van der Waals surface area contributed by atoms with E-state index >= 15 is 0 Å². The summed E-state index contributed by atoms with van der Waals surface area (Å²) < 4.78 is 49.0. The molecule has 0 aromatic rings. The summed E-state index contributed by atoms with van der Waals surface area (Å²) >= 11 is 0. The van der Waals surface area contributed by atoms with E-state index in [2.05, 4.69) is 9.26 Å². The number of carbonyl (C=O) groups is 4. The second-order valence-electron chi connectivity index (χ2n) is 20.0. The van der Waals surface area contributed by atoms with E-state index in [0.717, 1.165) is 33.4 Å². The standard InChI is InChI=1S/C29H39O9P.C26H35O10P/c1-7-8-10-18(2)11-9-12-19(3)13-14-22-20(4)26(32)25(16-29(22,5)6)38-39(35,36)37-17-24(31)21-15-23(30)28(34)27(21)33;1-7-15(2)9-8-10-16(3)11-12-18-17(4)21(28)20(13-26(18,5)6)36-37(32,33)34-14-19(27)24-22(29)23(30)25(31)35-24/h7-14,21,24-25,31,33-34H,15-17H2,1-6H3,(H,35,36);7-12,19-20,24,27,29-30H,13-14H2,1-6H3,(H,32,33)/p-2/b8-7+,11-9+,14-13+,18-10+,19-12+;9-8+,12-11+,15-7+,16-10+/t21-,24+,25?;19-,20?,24+/m10/s1. The van der Waals surface area contributed by atoms with Crippen LogP contribution in [0.2, 0.25) is 0 Å². The second-order valence-corrected chi connectivity index (χ2v) is 22.7. The van der Waals surface area contributed by atoms with Crippen molar-refractivity contribution in [2.24, 2.45) is 16.7 Å². The van der Waals surface area contributed by atoms with Crippen LogP contribution in [0.3, 0.4) is 0 Å². The fraction of sp³-hybridized carbons (Fsp3) is 0.455. The van der Waals surface area contributed by atoms with Crippen molar-refractivity contribution < 1.29 is 91.6 Å². The van der Waals surface area contributed by atoms with Crippen LogP contribution in [-0.4, -0.2) is 97.7 Å². The minimum atomic E-state index is -5.09. The highest BCUT2D eigenvalue weighted by atomic mass is 31.2. The van der Waals surface area contributed by atoms with Crippen LogP contribution < -0.4 is 9.79 Å². The van der Waals surface area contributed by atoms with Gasteiger partial charge in [-0.1, -0.05) is 135 Å². The molecule has 19 nitrogen and oxygen atoms in total. The van der Waals surface area contributed by atoms with Gasteiger partial charge in [0.2, 0.25) is 11.5 Å². The Kier molecular flexibility index (Phi) is 23.6. The van der Waals surface area contributed by atoms with Gasteiger partial charge in [-0.15, -0.1) is 0 Å². The second kappa shape index (κ2) is 27.7. The van der Waals surface area contributed by atoms with Crippen LogP contribution in [0.4, 0.5) is 0 Å². The third-order valence-electron chi connectivity index (χ3n) is 12.8. The molecule has 0 saturated carbocycles. The van der Waals surface area contributed by atoms with Crippen LogP contribution in [0.15, 0.2) is 153 Å². The number of aliphatic hydroxyl groups excluding tert-OH is 6. The molecule has 4 rings (SSSR count). The minimum Gasteiger partial charge on any atom is -0.756 e. The van der Waals surface area contributed by atoms with Gasteiger partial charge in [0.15, 0.2) is 29.2 Å². The number of rotatable bonds is 21. The Morgan fingerprint density at radius 3 is 1.47 bits per heavy atom. The summed E-state index contributed by atoms with van der Waals surface area (Å²) in [5, 5.41) is 58.3. The van der Waals surface area contributed by atoms with E-state index in [1.165, 1.54) is 0 Å². The molecule has 6 N–H and O–H groups in total. The molecule has 0 bridgehead atoms. The first kappa shape index (κ1) is 64.7. The molecule has 0 fully saturated rings. The first-order chi connectivity index (χ1) is 35.2. The van der Waals surface area contributed by atoms with E-state index in [9.17, 15) is 68.7 Å². The Balaban J connectivity index is 0.000000401. The van der Waals surface area contributed by atoms with Gasteiger partial charge in [0.05, 0.1) is 25.2 Å². The van der Waals surface area contributed by atoms with E-state index in [1.54, 1.807) is 13.8 Å². The molecule has 418 valence electrons. The Morgan fingerprint density at radius 1 is 0.658 bits per heavy atom. The molecule has 76 heavy (non-hydrogen) atoms. The number of allylic oxidation sites excluding steroid dienone is 21. The lowest BCUT2D eigenvalue weighted by atomic mass is 9.71. The molecule has 0 spiro atoms. The predicted octanol–water partition coefficient (Wildman–Crippen LogP) is 8.84. The number of ketones is 3. The zero-order chi connectivity index (χ0) is 57.7. The summed E-state index contributed by atoms with van der Waals surface area (Å²) in [5.41, 5.74) is 5.18. The van der Waals surface area contributed by atoms with E-state index < -0.39 is 122 Å². The van der Waals surface area contributed by atoms with Gasteiger partial charge in [-0.05, 0) is 101 Å². The lowest BCUT2D eigenvalue weighted by Crippen LogP contribution is -2.38. The zero-order valence-electron chi connectivity index (χ0n) is 45.0. The molecular formula is C55H72O19P2-2. The molecule has 0 aromatic heterocycles. The quantitative estimate of drug-likeness (QED) is 0.0355. The van der Waals surface area contributed by atoms with Crippen molar-refractivity contribution in [1.29, 1.82) is 0 Å². The van der Waals surface area contributed by atoms with Crippen molar-refractivity contribution in [2.75, 3.05) is 13.2 Å². The molecule has 8 atom stereocenters. The van der Waals surface area contributed by atoms with E-state index in [1.807, 2.05) is 154 Å². The van der Waals surface area contributed by atoms with Crippen LogP contribution in [0.5, 0.6) is 0 Å². The molecule has 0 aromatic carbocycles. The van der Waals surface area contributed by atoms with Crippen LogP contribution >= 0.6 is 15.6 Å². The van der Waals surface area contributed by atoms with Crippen LogP contribution in [0.25, 0.3) is 0 Å². The van der Waals surface area contributed by atoms with Crippen LogP contribution in [0.1, 0.15) is 102 Å². The van der Waals surface area contributed by atoms with Crippen LogP contribution in [-0.2, 0) is 51.1 Å². The number of cyclic esters (lactones) is 1. The van der Waals surface area contributed by atoms with Crippen molar-refractivity contribution in [3.8, 4) is 0 Å². The topological polar surface area (TPSA) is 316 Å². The molecule has 0 saturated heterocycles. The molecule has 4 aliphatic rings. The average molecular weight is 1100 g/mol. The molecule has 21 heteroatoms. The number of phosphoric acid groups is 2. The highest BCUT2D eigenvalue weighted by Gasteiger charge is 2.44. The van der Waals surface area contributed by atoms with Gasteiger partial charge in [-0.3, -0.25) is 23.5 Å². The van der Waals surface area contributed by atoms with E-state index in [-0.39, 0.29) is 19.3 Å². The molecule has 1 heterocycles. The summed E-state index contributed by atoms with van der Waals surface area (Å²) in [5.74, 6) is -7.85. The maximum atomic E-state index is 13.0. The van der Waals surface area contributed by atoms with E-state index in [4.69, 9.17) is 13.6 Å². The van der Waals surface area contributed by atoms with Gasteiger partial charge in [-0.2, -0.15) is 0 Å². The monoisotopic (exact) mass is 1100 g/mol. The summed E-state index contributed by atoms with van der Waals surface area (Å²) in [6.45, 7) is 20.7. The number of hydrogen-bond donors (Lipinski definition) is 6. The van der Waals surface area contributed by atoms with Gasteiger partial charge in [0.1, 0.15) is 24.1 Å². The minimum absolute atomic E-state index is 0.0573. The van der Waals surface area contributed by atoms with Gasteiger partial charge >= 0.3 is 5.97 Å². The van der Waals surface area contributed by atoms with Crippen molar-refractivity contribution in [1.82, 2.24) is 0 Å². The number of phosphoric ester groups is 2. The van der Waals surface area contributed by atoms with Gasteiger partial charge < -0.3 is 63.3 Å². The summed E-state index contributed by atoms with van der Waals surface area (Å²) in [6, 6.07) is 0. The van der Waals surface area contributed by atoms with Crippen molar-refractivity contribution >= 4 is 39.0 Å². The Hall–Kier alpha value is -5.56. The number of hydrogen-bond acceptors (Lipinski definition) is 19. The van der Waals surface area contributed by atoms with Crippen molar-refractivity contribution in [3.05, 3.63) is 153 Å². The lowest BCUT2D eigenvalue weighted by molar-refractivity contribution is -0.233. The fourth-order valence-electron chi connectivity index (χ4n) is 8.28. The molecular weight excluding hydrogens is 1030 g/mol. The summed E-state index contributed by atoms with van der Waals surface area (Å²) in [6.07, 6.45) is 19.1. The average Bonchev–Trinajstić information content (AvgIpc) is 3.75. The van der Waals surface area contributed by atoms with Crippen molar-refractivity contribution in [2.45, 2.75) is 133 Å². The predicted molar refractivity (Wildman–Crippen MR) is 281 cm³/mol. The van der Waals surface area contributed by atoms with E-state index in [0.29, 0.717) is 11.1 Å². The number of ether oxygens (including phenoxy) is 1. The largest absolute Gasteiger partial charge is 0.756 e. The Bertz CT molecular complexity index is 2750. The number of Topliss-reactive ketones (excluding diaryl/α,β-unsaturated/α-hetero) is 3. The smallest absolute Gasteiger partial charge is 0.377 e. The van der Waals surface area contributed by atoms with Gasteiger partial charge in [0.25, 0.3) is 15.6 Å². The first-order valence-corrected chi connectivity index (χ1v) is 27.2. The highest BCUT2D eigenvalue weighted by molar-refractivity contribution is 7.46. The fourth-order valence-corrected chi connectivity index (χ4v) is 10.0. The Labute approximate surface area is 444 Å². The molecule has 1 aliphatic heterocycles. The third-order valence-corrected chi connectivity index (χ3v) is 14.7. The van der Waals surface area contributed by atoms with Crippen LogP contribution in [0, 0.1) is 16.7 Å². The number of esters is 1. The first-order valence-electron chi connectivity index (χ1n) is 24.3. The maximum Gasteiger partial charge on any atom is 0.377 e. The molecule has 0 radical (unpaired) electrons. The SMILES string of the molecule is C/C=C(C)/C=C/C=C(C)/C=C/C1=C(C)C(=O)C(OP(=O)([O-])OC[C@H](O)[C@H]2OC(=O)C(O)=C2O)CC1(C)C.C/C=C/C=C(C)/C=C/C=C(C)/C=C/C1=C(C)C(=O)C(OP(=O)([O-])OC[C@H](O)[C@H]2CC(=O)C(O)=C2O)CC1(C)C. The number of aliphatic hydroxyl groups is 6. The normalized spacial score (nSPS) is 25.7. The number of carbonyl (C=O) groups excluding carboxylic acids is 4. The molecule has 4 unspecified atom stereocenters. The lowest BCUT2D eigenvalue weighted by Gasteiger charge is -2.38. The Morgan fingerprint density at radius 2 is 1.08 bits per heavy atom. The molecule has 0 amide bonds. The van der Waals surface area contributed by atoms with Gasteiger partial charge in [0, 0.05) is 6.42 Å². The van der Waals surface area contributed by atoms with Crippen molar-refractivity contribution in [3.63, 3.8) is 0 Å². The zero-order valence-corrected chi connectivity index (χ0v) is 46.8. The van der Waals surface area contributed by atoms with Gasteiger partial charge in [-0.25, -0.2) is 4.79 Å². The molecule has 3 aliphatic carbocycles. The third kappa shape index (κ3) is 18.3. The summed E-state index contributed by atoms with van der Waals surface area (Å²) in [7, 11) is -10.1.